The summed E-state index contributed by atoms with van der Waals surface area (Å²) in [7, 11) is 0. The van der Waals surface area contributed by atoms with Gasteiger partial charge in [-0.25, -0.2) is 4.98 Å². The van der Waals surface area contributed by atoms with Gasteiger partial charge in [-0.1, -0.05) is 26.8 Å². The molecule has 0 fully saturated rings. The molecule has 3 heterocycles. The van der Waals surface area contributed by atoms with Gasteiger partial charge in [-0.15, -0.1) is 0 Å². The Morgan fingerprint density at radius 2 is 1.92 bits per heavy atom. The van der Waals surface area contributed by atoms with E-state index >= 15 is 0 Å². The van der Waals surface area contributed by atoms with Crippen molar-refractivity contribution in [3.63, 3.8) is 0 Å². The van der Waals surface area contributed by atoms with Gasteiger partial charge in [-0.2, -0.15) is 0 Å². The van der Waals surface area contributed by atoms with E-state index in [1.54, 1.807) is 0 Å². The van der Waals surface area contributed by atoms with Crippen molar-refractivity contribution in [2.45, 2.75) is 33.1 Å². The fourth-order valence-corrected chi connectivity index (χ4v) is 3.09. The fourth-order valence-electron chi connectivity index (χ4n) is 3.09. The molecule has 1 aromatic carbocycles. The molecule has 0 aliphatic carbocycles. The Balaban J connectivity index is 1.88. The van der Waals surface area contributed by atoms with Crippen LogP contribution < -0.4 is 10.1 Å². The number of imidazole rings is 1. The summed E-state index contributed by atoms with van der Waals surface area (Å²) in [5.74, 6) is 1.84. The van der Waals surface area contributed by atoms with Gasteiger partial charge in [0.15, 0.2) is 0 Å². The summed E-state index contributed by atoms with van der Waals surface area (Å²) in [4.78, 5) is 13.2. The van der Waals surface area contributed by atoms with E-state index in [-0.39, 0.29) is 5.41 Å². The van der Waals surface area contributed by atoms with Crippen LogP contribution in [0.25, 0.3) is 22.6 Å². The number of benzene rings is 1. The molecular weight excluding hydrogens is 324 g/mol. The van der Waals surface area contributed by atoms with Crippen LogP contribution in [0.5, 0.6) is 5.75 Å². The maximum absolute atomic E-state index is 5.70. The Morgan fingerprint density at radius 3 is 2.69 bits per heavy atom. The molecule has 0 amide bonds. The summed E-state index contributed by atoms with van der Waals surface area (Å²) in [5.41, 5.74) is 5.75. The standard InChI is InChI=1S/C21H24N4O/c1-13-6-5-7-15(23-13)19-18(24-20(25-19)21(2,3)4)14-8-9-17-16(12-14)22-10-11-26-17/h5-9,12,22H,10-11H2,1-4H3,(H,24,25). The Hall–Kier alpha value is -2.82. The van der Waals surface area contributed by atoms with Crippen LogP contribution in [0.15, 0.2) is 36.4 Å². The van der Waals surface area contributed by atoms with Gasteiger partial charge < -0.3 is 15.0 Å². The van der Waals surface area contributed by atoms with Crippen LogP contribution in [0.2, 0.25) is 0 Å². The predicted octanol–water partition coefficient (Wildman–Crippen LogP) is 4.55. The van der Waals surface area contributed by atoms with Crippen LogP contribution in [-0.2, 0) is 5.41 Å². The Bertz CT molecular complexity index is 953. The quantitative estimate of drug-likeness (QED) is 0.713. The zero-order chi connectivity index (χ0) is 18.3. The highest BCUT2D eigenvalue weighted by Gasteiger charge is 2.23. The van der Waals surface area contributed by atoms with E-state index in [1.165, 1.54) is 0 Å². The number of ether oxygens (including phenoxy) is 1. The Kier molecular flexibility index (Phi) is 3.94. The topological polar surface area (TPSA) is 62.8 Å². The smallest absolute Gasteiger partial charge is 0.142 e. The van der Waals surface area contributed by atoms with E-state index in [9.17, 15) is 0 Å². The average molecular weight is 348 g/mol. The number of hydrogen-bond acceptors (Lipinski definition) is 4. The van der Waals surface area contributed by atoms with Gasteiger partial charge in [0, 0.05) is 23.2 Å². The third-order valence-corrected chi connectivity index (χ3v) is 4.49. The summed E-state index contributed by atoms with van der Waals surface area (Å²) in [6, 6.07) is 12.2. The minimum atomic E-state index is -0.0770. The lowest BCUT2D eigenvalue weighted by Crippen LogP contribution is -2.17. The molecule has 5 nitrogen and oxygen atoms in total. The van der Waals surface area contributed by atoms with Crippen LogP contribution in [0.3, 0.4) is 0 Å². The highest BCUT2D eigenvalue weighted by atomic mass is 16.5. The van der Waals surface area contributed by atoms with Crippen LogP contribution in [0.4, 0.5) is 5.69 Å². The van der Waals surface area contributed by atoms with E-state index in [0.29, 0.717) is 6.61 Å². The van der Waals surface area contributed by atoms with E-state index in [1.807, 2.05) is 31.2 Å². The SMILES string of the molecule is Cc1cccc(-c2[nH]c(C(C)(C)C)nc2-c2ccc3c(c2)NCCO3)n1. The van der Waals surface area contributed by atoms with Gasteiger partial charge in [0.25, 0.3) is 0 Å². The Morgan fingerprint density at radius 1 is 1.08 bits per heavy atom. The number of pyridine rings is 1. The first-order chi connectivity index (χ1) is 12.4. The zero-order valence-corrected chi connectivity index (χ0v) is 15.7. The molecule has 0 saturated heterocycles. The first-order valence-electron chi connectivity index (χ1n) is 8.97. The normalized spacial score (nSPS) is 13.7. The van der Waals surface area contributed by atoms with Gasteiger partial charge >= 0.3 is 0 Å². The summed E-state index contributed by atoms with van der Waals surface area (Å²) < 4.78 is 5.70. The molecule has 0 saturated carbocycles. The summed E-state index contributed by atoms with van der Waals surface area (Å²) in [6.45, 7) is 9.99. The van der Waals surface area contributed by atoms with Crippen LogP contribution in [0, 0.1) is 6.92 Å². The molecule has 5 heteroatoms. The number of nitrogens with zero attached hydrogens (tertiary/aromatic N) is 2. The van der Waals surface area contributed by atoms with Crippen LogP contribution in [0.1, 0.15) is 32.3 Å². The molecule has 2 aromatic heterocycles. The van der Waals surface area contributed by atoms with Crippen LogP contribution in [-0.4, -0.2) is 28.1 Å². The van der Waals surface area contributed by atoms with Crippen molar-refractivity contribution < 1.29 is 4.74 Å². The van der Waals surface area contributed by atoms with Gasteiger partial charge in [-0.05, 0) is 37.3 Å². The molecule has 0 atom stereocenters. The van der Waals surface area contributed by atoms with Gasteiger partial charge in [0.2, 0.25) is 0 Å². The monoisotopic (exact) mass is 348 g/mol. The summed E-state index contributed by atoms with van der Waals surface area (Å²) in [5, 5.41) is 3.40. The molecule has 26 heavy (non-hydrogen) atoms. The predicted molar refractivity (Wildman–Crippen MR) is 105 cm³/mol. The third-order valence-electron chi connectivity index (χ3n) is 4.49. The second kappa shape index (κ2) is 6.16. The maximum atomic E-state index is 5.70. The number of aryl methyl sites for hydroxylation is 1. The molecular formula is C21H24N4O. The number of anilines is 1. The molecule has 4 rings (SSSR count). The van der Waals surface area contributed by atoms with Crippen molar-refractivity contribution in [2.75, 3.05) is 18.5 Å². The molecule has 1 aliphatic heterocycles. The van der Waals surface area contributed by atoms with Crippen molar-refractivity contribution in [1.82, 2.24) is 15.0 Å². The lowest BCUT2D eigenvalue weighted by atomic mass is 9.96. The summed E-state index contributed by atoms with van der Waals surface area (Å²) in [6.07, 6.45) is 0. The first kappa shape index (κ1) is 16.6. The second-order valence-corrected chi connectivity index (χ2v) is 7.71. The number of fused-ring (bicyclic) bond motifs is 1. The lowest BCUT2D eigenvalue weighted by Gasteiger charge is -2.19. The van der Waals surface area contributed by atoms with E-state index in [2.05, 4.69) is 43.2 Å². The molecule has 3 aromatic rings. The molecule has 0 bridgehead atoms. The van der Waals surface area contributed by atoms with Crippen molar-refractivity contribution in [1.29, 1.82) is 0 Å². The zero-order valence-electron chi connectivity index (χ0n) is 15.7. The number of H-pyrrole nitrogens is 1. The largest absolute Gasteiger partial charge is 0.490 e. The highest BCUT2D eigenvalue weighted by molar-refractivity contribution is 5.80. The van der Waals surface area contributed by atoms with Crippen molar-refractivity contribution in [3.05, 3.63) is 47.9 Å². The number of aromatic amines is 1. The van der Waals surface area contributed by atoms with Crippen molar-refractivity contribution >= 4 is 5.69 Å². The lowest BCUT2D eigenvalue weighted by molar-refractivity contribution is 0.323. The van der Waals surface area contributed by atoms with E-state index < -0.39 is 0 Å². The number of nitrogens with one attached hydrogen (secondary N) is 2. The Labute approximate surface area is 153 Å². The maximum Gasteiger partial charge on any atom is 0.142 e. The number of hydrogen-bond donors (Lipinski definition) is 2. The molecule has 1 aliphatic rings. The second-order valence-electron chi connectivity index (χ2n) is 7.71. The average Bonchev–Trinajstić information content (AvgIpc) is 3.07. The first-order valence-corrected chi connectivity index (χ1v) is 8.97. The number of rotatable bonds is 2. The minimum Gasteiger partial charge on any atom is -0.490 e. The van der Waals surface area contributed by atoms with E-state index in [4.69, 9.17) is 14.7 Å². The van der Waals surface area contributed by atoms with Gasteiger partial charge in [0.05, 0.1) is 22.8 Å². The fraction of sp³-hybridized carbons (Fsp3) is 0.333. The van der Waals surface area contributed by atoms with Crippen molar-refractivity contribution in [3.8, 4) is 28.4 Å². The number of aromatic nitrogens is 3. The molecule has 0 spiro atoms. The molecule has 0 radical (unpaired) electrons. The van der Waals surface area contributed by atoms with Gasteiger partial charge in [-0.3, -0.25) is 4.98 Å². The van der Waals surface area contributed by atoms with Crippen molar-refractivity contribution in [2.24, 2.45) is 0 Å². The van der Waals surface area contributed by atoms with Crippen LogP contribution >= 0.6 is 0 Å². The molecule has 134 valence electrons. The van der Waals surface area contributed by atoms with E-state index in [0.717, 1.165) is 52.1 Å². The summed E-state index contributed by atoms with van der Waals surface area (Å²) >= 11 is 0. The highest BCUT2D eigenvalue weighted by Crippen LogP contribution is 2.37. The van der Waals surface area contributed by atoms with Gasteiger partial charge in [0.1, 0.15) is 18.2 Å². The third kappa shape index (κ3) is 3.05. The minimum absolute atomic E-state index is 0.0770. The molecule has 2 N–H and O–H groups in total. The molecule has 0 unspecified atom stereocenters.